The van der Waals surface area contributed by atoms with E-state index in [9.17, 15) is 4.79 Å². The van der Waals surface area contributed by atoms with Crippen LogP contribution in [0.15, 0.2) is 109 Å². The van der Waals surface area contributed by atoms with Crippen LogP contribution in [0.4, 0.5) is 17.1 Å². The minimum absolute atomic E-state index is 0.793. The third kappa shape index (κ3) is 8.26. The second-order valence-corrected chi connectivity index (χ2v) is 15.6. The van der Waals surface area contributed by atoms with E-state index in [1.165, 1.54) is 92.4 Å². The van der Waals surface area contributed by atoms with E-state index in [1.807, 2.05) is 28.7 Å². The average Bonchev–Trinajstić information content (AvgIpc) is 3.89. The number of aryl methyl sites for hydroxylation is 2. The van der Waals surface area contributed by atoms with Gasteiger partial charge in [-0.1, -0.05) is 101 Å². The van der Waals surface area contributed by atoms with Gasteiger partial charge in [-0.05, 0) is 103 Å². The van der Waals surface area contributed by atoms with Crippen LogP contribution in [0, 0.1) is 0 Å². The zero-order valence-electron chi connectivity index (χ0n) is 28.1. The van der Waals surface area contributed by atoms with Crippen molar-refractivity contribution in [1.82, 2.24) is 0 Å². The summed E-state index contributed by atoms with van der Waals surface area (Å²) < 4.78 is 0. The first-order chi connectivity index (χ1) is 23.7. The smallest absolute Gasteiger partial charge is 0.160 e. The number of carbonyl (C=O) groups is 1. The van der Waals surface area contributed by atoms with Gasteiger partial charge in [-0.3, -0.25) is 4.79 Å². The normalized spacial score (nSPS) is 11.2. The van der Waals surface area contributed by atoms with Crippen molar-refractivity contribution in [3.63, 3.8) is 0 Å². The van der Waals surface area contributed by atoms with Gasteiger partial charge < -0.3 is 4.90 Å². The van der Waals surface area contributed by atoms with Crippen LogP contribution in [0.1, 0.15) is 86.0 Å². The Bertz CT molecular complexity index is 1820. The molecule has 0 fully saturated rings. The van der Waals surface area contributed by atoms with E-state index in [-0.39, 0.29) is 0 Å². The molecule has 5 heteroatoms. The number of anilines is 3. The third-order valence-corrected chi connectivity index (χ3v) is 12.6. The van der Waals surface area contributed by atoms with Crippen molar-refractivity contribution in [2.24, 2.45) is 0 Å². The van der Waals surface area contributed by atoms with Crippen molar-refractivity contribution in [1.29, 1.82) is 0 Å². The maximum Gasteiger partial charge on any atom is 0.160 e. The molecule has 0 saturated carbocycles. The summed E-state index contributed by atoms with van der Waals surface area (Å²) in [5, 5.41) is 0. The molecule has 0 unspecified atom stereocenters. The standard InChI is InChI=1S/C43H45NOS3/c1-3-5-7-11-17-33-29-40(32-23-25-37(26-24-32)44(35-19-13-9-14-20-35)36-21-15-10-16-22-36)47-42(33)43-34(18-12-8-6-4-2)30-41(48-43)39-28-27-38(31-45)46-39/h9-10,13-16,19-31H,3-8,11-12,17-18H2,1-2H3. The molecule has 6 rings (SSSR count). The third-order valence-electron chi connectivity index (χ3n) is 8.85. The summed E-state index contributed by atoms with van der Waals surface area (Å²) in [7, 11) is 0. The molecule has 0 N–H and O–H groups in total. The number of nitrogens with zero attached hydrogens (tertiary/aromatic N) is 1. The fourth-order valence-electron chi connectivity index (χ4n) is 6.29. The quantitative estimate of drug-likeness (QED) is 0.0703. The highest BCUT2D eigenvalue weighted by Crippen LogP contribution is 2.47. The molecule has 0 radical (unpaired) electrons. The molecule has 3 heterocycles. The topological polar surface area (TPSA) is 20.3 Å². The van der Waals surface area contributed by atoms with Gasteiger partial charge in [0.15, 0.2) is 6.29 Å². The summed E-state index contributed by atoms with van der Waals surface area (Å²) in [4.78, 5) is 21.3. The van der Waals surface area contributed by atoms with Gasteiger partial charge in [-0.15, -0.1) is 34.0 Å². The zero-order valence-corrected chi connectivity index (χ0v) is 30.6. The Morgan fingerprint density at radius 3 is 1.56 bits per heavy atom. The van der Waals surface area contributed by atoms with Crippen LogP contribution in [-0.4, -0.2) is 6.29 Å². The lowest BCUT2D eigenvalue weighted by Gasteiger charge is -2.25. The molecule has 0 aliphatic rings. The first kappa shape index (κ1) is 34.1. The molecule has 0 saturated heterocycles. The average molecular weight is 688 g/mol. The molecule has 246 valence electrons. The Morgan fingerprint density at radius 2 is 1.04 bits per heavy atom. The van der Waals surface area contributed by atoms with Gasteiger partial charge in [0.05, 0.1) is 4.88 Å². The highest BCUT2D eigenvalue weighted by atomic mass is 32.1. The van der Waals surface area contributed by atoms with Crippen molar-refractivity contribution in [3.05, 3.63) is 125 Å². The number of benzene rings is 3. The van der Waals surface area contributed by atoms with Gasteiger partial charge in [0.25, 0.3) is 0 Å². The van der Waals surface area contributed by atoms with E-state index in [4.69, 9.17) is 0 Å². The van der Waals surface area contributed by atoms with Gasteiger partial charge in [0, 0.05) is 41.4 Å². The highest BCUT2D eigenvalue weighted by molar-refractivity contribution is 7.27. The van der Waals surface area contributed by atoms with Crippen LogP contribution in [0.3, 0.4) is 0 Å². The monoisotopic (exact) mass is 687 g/mol. The van der Waals surface area contributed by atoms with E-state index in [1.54, 1.807) is 11.3 Å². The van der Waals surface area contributed by atoms with Crippen molar-refractivity contribution in [3.8, 4) is 29.9 Å². The van der Waals surface area contributed by atoms with Gasteiger partial charge in [-0.25, -0.2) is 0 Å². The summed E-state index contributed by atoms with van der Waals surface area (Å²) in [5.74, 6) is 0. The Labute approximate surface area is 298 Å². The SMILES string of the molecule is CCCCCCc1cc(-c2ccc(N(c3ccccc3)c3ccccc3)cc2)sc1-c1sc(-c2ccc(C=O)s2)cc1CCCCCC. The summed E-state index contributed by atoms with van der Waals surface area (Å²) in [5.41, 5.74) is 7.66. The molecule has 0 atom stereocenters. The number of hydrogen-bond donors (Lipinski definition) is 0. The van der Waals surface area contributed by atoms with Crippen LogP contribution in [0.5, 0.6) is 0 Å². The van der Waals surface area contributed by atoms with Crippen LogP contribution < -0.4 is 4.90 Å². The largest absolute Gasteiger partial charge is 0.311 e. The van der Waals surface area contributed by atoms with Crippen LogP contribution in [0.2, 0.25) is 0 Å². The summed E-state index contributed by atoms with van der Waals surface area (Å²) >= 11 is 5.48. The van der Waals surface area contributed by atoms with Crippen molar-refractivity contribution in [2.45, 2.75) is 78.1 Å². The lowest BCUT2D eigenvalue weighted by Crippen LogP contribution is -2.09. The van der Waals surface area contributed by atoms with Crippen molar-refractivity contribution < 1.29 is 4.79 Å². The Morgan fingerprint density at radius 1 is 0.521 bits per heavy atom. The Kier molecular flexibility index (Phi) is 12.1. The van der Waals surface area contributed by atoms with Gasteiger partial charge in [-0.2, -0.15) is 0 Å². The predicted octanol–water partition coefficient (Wildman–Crippen LogP) is 14.4. The lowest BCUT2D eigenvalue weighted by molar-refractivity contribution is 0.112. The van der Waals surface area contributed by atoms with Crippen LogP contribution >= 0.6 is 34.0 Å². The maximum absolute atomic E-state index is 11.5. The van der Waals surface area contributed by atoms with E-state index >= 15 is 0 Å². The fourth-order valence-corrected chi connectivity index (χ4v) is 9.82. The Balaban J connectivity index is 1.37. The molecule has 2 nitrogen and oxygen atoms in total. The second kappa shape index (κ2) is 17.1. The number of carbonyl (C=O) groups excluding carboxylic acids is 1. The number of para-hydroxylation sites is 2. The molecule has 0 spiro atoms. The number of hydrogen-bond acceptors (Lipinski definition) is 5. The minimum Gasteiger partial charge on any atom is -0.311 e. The predicted molar refractivity (Wildman–Crippen MR) is 212 cm³/mol. The van der Waals surface area contributed by atoms with Gasteiger partial charge in [0.1, 0.15) is 0 Å². The summed E-state index contributed by atoms with van der Waals surface area (Å²) in [6.07, 6.45) is 13.2. The molecule has 3 aromatic carbocycles. The summed E-state index contributed by atoms with van der Waals surface area (Å²) in [6, 6.07) is 39.3. The molecule has 48 heavy (non-hydrogen) atoms. The molecule has 0 bridgehead atoms. The molecule has 6 aromatic rings. The van der Waals surface area contributed by atoms with Crippen LogP contribution in [0.25, 0.3) is 29.9 Å². The number of thiophene rings is 3. The minimum atomic E-state index is 0.793. The van der Waals surface area contributed by atoms with Crippen LogP contribution in [-0.2, 0) is 12.8 Å². The number of unbranched alkanes of at least 4 members (excludes halogenated alkanes) is 6. The van der Waals surface area contributed by atoms with Gasteiger partial charge in [0.2, 0.25) is 0 Å². The van der Waals surface area contributed by atoms with Crippen molar-refractivity contribution >= 4 is 57.4 Å². The number of rotatable bonds is 17. The number of aldehydes is 1. The first-order valence-electron chi connectivity index (χ1n) is 17.5. The first-order valence-corrected chi connectivity index (χ1v) is 19.9. The van der Waals surface area contributed by atoms with E-state index in [2.05, 4.69) is 122 Å². The van der Waals surface area contributed by atoms with E-state index < -0.39 is 0 Å². The molecule has 0 amide bonds. The second-order valence-electron chi connectivity index (χ2n) is 12.4. The summed E-state index contributed by atoms with van der Waals surface area (Å²) in [6.45, 7) is 4.56. The highest BCUT2D eigenvalue weighted by Gasteiger charge is 2.20. The van der Waals surface area contributed by atoms with Gasteiger partial charge >= 0.3 is 0 Å². The Hall–Kier alpha value is -3.77. The fraction of sp³-hybridized carbons (Fsp3) is 0.279. The molecular weight excluding hydrogens is 643 g/mol. The molecule has 0 aliphatic carbocycles. The van der Waals surface area contributed by atoms with E-state index in [0.717, 1.165) is 41.1 Å². The van der Waals surface area contributed by atoms with E-state index in [0.29, 0.717) is 0 Å². The zero-order chi connectivity index (χ0) is 33.1. The molecular formula is C43H45NOS3. The lowest BCUT2D eigenvalue weighted by atomic mass is 10.0. The maximum atomic E-state index is 11.5. The molecule has 3 aromatic heterocycles. The van der Waals surface area contributed by atoms with Crippen molar-refractivity contribution in [2.75, 3.05) is 4.90 Å². The molecule has 0 aliphatic heterocycles.